The molecule has 1 heterocycles. The van der Waals surface area contributed by atoms with Gasteiger partial charge >= 0.3 is 0 Å². The van der Waals surface area contributed by atoms with Crippen molar-refractivity contribution in [2.45, 2.75) is 25.8 Å². The molecular weight excluding hydrogens is 276 g/mol. The number of hydrogen-bond acceptors (Lipinski definition) is 4. The lowest BCUT2D eigenvalue weighted by atomic mass is 10.2. The molecule has 1 aliphatic rings. The summed E-state index contributed by atoms with van der Waals surface area (Å²) in [5, 5.41) is 0. The smallest absolute Gasteiger partial charge is 0.206 e. The maximum absolute atomic E-state index is 5.98. The Morgan fingerprint density at radius 1 is 1.45 bits per heavy atom. The van der Waals surface area contributed by atoms with Crippen LogP contribution in [0.2, 0.25) is 0 Å². The average molecular weight is 298 g/mol. The second-order valence-corrected chi connectivity index (χ2v) is 5.23. The van der Waals surface area contributed by atoms with Crippen LogP contribution in [0.4, 0.5) is 5.95 Å². The van der Waals surface area contributed by atoms with Crippen molar-refractivity contribution in [3.8, 4) is 5.75 Å². The zero-order valence-electron chi connectivity index (χ0n) is 12.6. The topological polar surface area (TPSA) is 65.4 Å². The molecule has 0 atom stereocenters. The van der Waals surface area contributed by atoms with Crippen LogP contribution in [-0.4, -0.2) is 22.2 Å². The van der Waals surface area contributed by atoms with Crippen LogP contribution < -0.4 is 16.0 Å². The standard InChI is InChI=1S/C17H20N4O.H2/c1-2-22-15-5-3-4-13(12-15)8-10-21-11-9-16(20-17(21)18)19-14-6-7-14;/h3-5,8-12,14H,2,6-7H2,1H3,(H2,18,19,20);1H/b10-8+;. The van der Waals surface area contributed by atoms with Crippen LogP contribution in [0.25, 0.3) is 12.3 Å². The summed E-state index contributed by atoms with van der Waals surface area (Å²) < 4.78 is 7.27. The lowest BCUT2D eigenvalue weighted by molar-refractivity contribution is 0.340. The van der Waals surface area contributed by atoms with Gasteiger partial charge in [0.15, 0.2) is 5.49 Å². The van der Waals surface area contributed by atoms with Gasteiger partial charge in [-0.3, -0.25) is 9.56 Å². The molecular formula is C17H22N4O. The monoisotopic (exact) mass is 298 g/mol. The Labute approximate surface area is 131 Å². The fraction of sp³-hybridized carbons (Fsp3) is 0.294. The quantitative estimate of drug-likeness (QED) is 0.923. The number of hydrogen-bond donors (Lipinski definition) is 1. The normalized spacial score (nSPS) is 15.4. The Bertz CT molecular complexity index is 750. The van der Waals surface area contributed by atoms with E-state index in [2.05, 4.69) is 9.98 Å². The highest BCUT2D eigenvalue weighted by atomic mass is 16.5. The van der Waals surface area contributed by atoms with E-state index in [9.17, 15) is 0 Å². The molecule has 1 saturated carbocycles. The summed E-state index contributed by atoms with van der Waals surface area (Å²) >= 11 is 0. The van der Waals surface area contributed by atoms with E-state index in [0.717, 1.165) is 24.2 Å². The van der Waals surface area contributed by atoms with Crippen LogP contribution in [0.5, 0.6) is 5.75 Å². The zero-order valence-corrected chi connectivity index (χ0v) is 12.6. The molecule has 1 aromatic carbocycles. The van der Waals surface area contributed by atoms with E-state index in [1.807, 2.05) is 55.7 Å². The number of nitrogens with two attached hydrogens (primary N) is 1. The highest BCUT2D eigenvalue weighted by Crippen LogP contribution is 2.22. The third kappa shape index (κ3) is 3.75. The molecule has 0 saturated heterocycles. The Kier molecular flexibility index (Phi) is 4.23. The molecule has 1 fully saturated rings. The molecule has 2 N–H and O–H groups in total. The van der Waals surface area contributed by atoms with E-state index in [1.165, 1.54) is 0 Å². The first kappa shape index (κ1) is 14.4. The molecule has 22 heavy (non-hydrogen) atoms. The molecule has 2 aromatic rings. The van der Waals surface area contributed by atoms with Gasteiger partial charge in [-0.15, -0.1) is 0 Å². The van der Waals surface area contributed by atoms with Crippen LogP contribution in [0.15, 0.2) is 41.5 Å². The molecule has 5 heteroatoms. The van der Waals surface area contributed by atoms with Gasteiger partial charge in [-0.05, 0) is 49.6 Å². The van der Waals surface area contributed by atoms with Crippen LogP contribution in [0.3, 0.4) is 0 Å². The summed E-state index contributed by atoms with van der Waals surface area (Å²) in [6.07, 6.45) is 8.05. The molecule has 1 aliphatic carbocycles. The molecule has 0 bridgehead atoms. The summed E-state index contributed by atoms with van der Waals surface area (Å²) in [5.74, 6) is 1.29. The van der Waals surface area contributed by atoms with Crippen molar-refractivity contribution in [3.05, 3.63) is 47.6 Å². The number of ether oxygens (including phenoxy) is 1. The molecule has 0 amide bonds. The van der Waals surface area contributed by atoms with Gasteiger partial charge < -0.3 is 10.5 Å². The molecule has 1 aromatic heterocycles. The summed E-state index contributed by atoms with van der Waals surface area (Å²) in [6.45, 7) is 2.63. The Balaban J connectivity index is 0.00000192. The largest absolute Gasteiger partial charge is 0.494 e. The highest BCUT2D eigenvalue weighted by Gasteiger charge is 2.19. The summed E-state index contributed by atoms with van der Waals surface area (Å²) in [6, 6.07) is 10.2. The van der Waals surface area contributed by atoms with Crippen molar-refractivity contribution in [3.63, 3.8) is 0 Å². The first-order chi connectivity index (χ1) is 10.7. The van der Waals surface area contributed by atoms with Crippen LogP contribution in [-0.2, 0) is 0 Å². The SMILES string of the molecule is CCOc1cccc(/C=C/n2ccc(=NC3CC3)nc2N)c1.[HH]. The maximum Gasteiger partial charge on any atom is 0.206 e. The van der Waals surface area contributed by atoms with E-state index >= 15 is 0 Å². The van der Waals surface area contributed by atoms with Gasteiger partial charge in [-0.2, -0.15) is 4.98 Å². The Morgan fingerprint density at radius 2 is 2.32 bits per heavy atom. The van der Waals surface area contributed by atoms with Gasteiger partial charge in [0.1, 0.15) is 5.75 Å². The lowest BCUT2D eigenvalue weighted by Gasteiger charge is -2.05. The van der Waals surface area contributed by atoms with Crippen molar-refractivity contribution >= 4 is 18.2 Å². The second kappa shape index (κ2) is 6.47. The minimum Gasteiger partial charge on any atom is -0.494 e. The van der Waals surface area contributed by atoms with E-state index in [1.54, 1.807) is 4.57 Å². The van der Waals surface area contributed by atoms with Gasteiger partial charge in [0, 0.05) is 13.8 Å². The number of nitrogen functional groups attached to an aromatic ring is 1. The van der Waals surface area contributed by atoms with Crippen molar-refractivity contribution < 1.29 is 6.16 Å². The predicted octanol–water partition coefficient (Wildman–Crippen LogP) is 2.80. The average Bonchev–Trinajstić information content (AvgIpc) is 3.31. The predicted molar refractivity (Wildman–Crippen MR) is 90.2 cm³/mol. The van der Waals surface area contributed by atoms with Gasteiger partial charge in [-0.25, -0.2) is 0 Å². The maximum atomic E-state index is 5.98. The van der Waals surface area contributed by atoms with E-state index in [4.69, 9.17) is 10.5 Å². The zero-order chi connectivity index (χ0) is 15.4. The van der Waals surface area contributed by atoms with Crippen molar-refractivity contribution in [2.24, 2.45) is 4.99 Å². The molecule has 0 aliphatic heterocycles. The number of rotatable bonds is 5. The fourth-order valence-electron chi connectivity index (χ4n) is 2.07. The van der Waals surface area contributed by atoms with Crippen molar-refractivity contribution in [1.82, 2.24) is 9.55 Å². The van der Waals surface area contributed by atoms with Crippen LogP contribution in [0.1, 0.15) is 26.8 Å². The van der Waals surface area contributed by atoms with E-state index in [-0.39, 0.29) is 1.43 Å². The molecule has 0 spiro atoms. The van der Waals surface area contributed by atoms with E-state index in [0.29, 0.717) is 24.1 Å². The van der Waals surface area contributed by atoms with Crippen LogP contribution >= 0.6 is 0 Å². The first-order valence-electron chi connectivity index (χ1n) is 7.54. The summed E-state index contributed by atoms with van der Waals surface area (Å²) in [7, 11) is 0. The number of aromatic nitrogens is 2. The first-order valence-corrected chi connectivity index (χ1v) is 7.54. The number of benzene rings is 1. The van der Waals surface area contributed by atoms with Gasteiger partial charge in [-0.1, -0.05) is 12.1 Å². The Hall–Kier alpha value is -2.56. The van der Waals surface area contributed by atoms with Gasteiger partial charge in [0.2, 0.25) is 5.95 Å². The van der Waals surface area contributed by atoms with Crippen molar-refractivity contribution in [2.75, 3.05) is 12.3 Å². The minimum atomic E-state index is 0. The summed E-state index contributed by atoms with van der Waals surface area (Å²) in [5.41, 5.74) is 7.73. The molecule has 5 nitrogen and oxygen atoms in total. The fourth-order valence-corrected chi connectivity index (χ4v) is 2.07. The molecule has 0 unspecified atom stereocenters. The summed E-state index contributed by atoms with van der Waals surface area (Å²) in [4.78, 5) is 8.79. The molecule has 0 radical (unpaired) electrons. The number of nitrogens with zero attached hydrogens (tertiary/aromatic N) is 3. The number of anilines is 1. The highest BCUT2D eigenvalue weighted by molar-refractivity contribution is 5.62. The van der Waals surface area contributed by atoms with E-state index < -0.39 is 0 Å². The third-order valence-electron chi connectivity index (χ3n) is 3.34. The molecule has 3 rings (SSSR count). The van der Waals surface area contributed by atoms with Crippen LogP contribution in [0, 0.1) is 0 Å². The Morgan fingerprint density at radius 3 is 3.05 bits per heavy atom. The molecule has 116 valence electrons. The van der Waals surface area contributed by atoms with Crippen molar-refractivity contribution in [1.29, 1.82) is 0 Å². The minimum absolute atomic E-state index is 0. The second-order valence-electron chi connectivity index (χ2n) is 5.23. The lowest BCUT2D eigenvalue weighted by Crippen LogP contribution is -2.15. The van der Waals surface area contributed by atoms with Gasteiger partial charge in [0.05, 0.1) is 12.6 Å². The third-order valence-corrected chi connectivity index (χ3v) is 3.34. The van der Waals surface area contributed by atoms with Gasteiger partial charge in [0.25, 0.3) is 0 Å².